The molecule has 1 N–H and O–H groups in total. The van der Waals surface area contributed by atoms with Crippen molar-refractivity contribution in [1.29, 1.82) is 0 Å². The number of carbonyl (C=O) groups excluding carboxylic acids is 1. The highest BCUT2D eigenvalue weighted by Crippen LogP contribution is 2.34. The minimum absolute atomic E-state index is 0.00780. The molecule has 0 unspecified atom stereocenters. The van der Waals surface area contributed by atoms with Crippen LogP contribution in [-0.4, -0.2) is 24.1 Å². The summed E-state index contributed by atoms with van der Waals surface area (Å²) >= 11 is 0. The first-order valence-corrected chi connectivity index (χ1v) is 8.99. The Morgan fingerprint density at radius 2 is 1.63 bits per heavy atom. The van der Waals surface area contributed by atoms with Gasteiger partial charge in [0.05, 0.1) is 18.4 Å². The normalized spacial score (nSPS) is 13.9. The van der Waals surface area contributed by atoms with Crippen molar-refractivity contribution < 1.29 is 37.4 Å². The number of rotatable bonds is 6. The van der Waals surface area contributed by atoms with Crippen LogP contribution in [-0.2, 0) is 15.8 Å². The predicted molar refractivity (Wildman–Crippen MR) is 101 cm³/mol. The summed E-state index contributed by atoms with van der Waals surface area (Å²) in [6.07, 6.45) is -3.76. The molecule has 6 nitrogen and oxygen atoms in total. The largest absolute Gasteiger partial charge is 0.497 e. The van der Waals surface area contributed by atoms with E-state index in [0.29, 0.717) is 17.2 Å². The van der Waals surface area contributed by atoms with Crippen LogP contribution < -0.4 is 14.6 Å². The smallest absolute Gasteiger partial charge is 0.416 e. The summed E-state index contributed by atoms with van der Waals surface area (Å²) in [6, 6.07) is 10.2. The lowest BCUT2D eigenvalue weighted by molar-refractivity contribution is -0.137. The average Bonchev–Trinajstić information content (AvgIpc) is 3.22. The number of hydroxylamine groups is 1. The van der Waals surface area contributed by atoms with Gasteiger partial charge < -0.3 is 14.7 Å². The zero-order valence-corrected chi connectivity index (χ0v) is 15.9. The molecular weight excluding hydrogens is 403 g/mol. The van der Waals surface area contributed by atoms with Gasteiger partial charge in [-0.05, 0) is 61.7 Å². The van der Waals surface area contributed by atoms with E-state index < -0.39 is 23.6 Å². The van der Waals surface area contributed by atoms with Crippen molar-refractivity contribution in [2.45, 2.75) is 25.4 Å². The van der Waals surface area contributed by atoms with Crippen LogP contribution >= 0.6 is 0 Å². The minimum Gasteiger partial charge on any atom is -0.497 e. The molecule has 2 aromatic rings. The van der Waals surface area contributed by atoms with E-state index in [2.05, 4.69) is 0 Å². The van der Waals surface area contributed by atoms with Gasteiger partial charge >= 0.3 is 12.1 Å². The quantitative estimate of drug-likeness (QED) is 0.690. The van der Waals surface area contributed by atoms with Crippen molar-refractivity contribution in [3.8, 4) is 11.5 Å². The zero-order chi connectivity index (χ0) is 21.9. The number of nitrogens with zero attached hydrogens (tertiary/aromatic N) is 1. The van der Waals surface area contributed by atoms with E-state index in [0.717, 1.165) is 18.2 Å². The van der Waals surface area contributed by atoms with Crippen LogP contribution in [0.3, 0.4) is 0 Å². The Balaban J connectivity index is 2.03. The maximum absolute atomic E-state index is 13.2. The van der Waals surface area contributed by atoms with Gasteiger partial charge in [-0.2, -0.15) is 13.2 Å². The number of carbonyl (C=O) groups is 2. The first-order valence-electron chi connectivity index (χ1n) is 8.99. The minimum atomic E-state index is -4.62. The molecule has 1 aliphatic rings. The molecule has 0 atom stereocenters. The number of anilines is 1. The third kappa shape index (κ3) is 4.56. The third-order valence-electron chi connectivity index (χ3n) is 4.58. The fourth-order valence-corrected chi connectivity index (χ4v) is 3.10. The second-order valence-corrected chi connectivity index (χ2v) is 6.53. The molecule has 0 spiro atoms. The van der Waals surface area contributed by atoms with Crippen LogP contribution in [0, 0.1) is 0 Å². The van der Waals surface area contributed by atoms with Gasteiger partial charge in [-0.15, -0.1) is 5.06 Å². The molecule has 0 aromatic heterocycles. The Labute approximate surface area is 170 Å². The van der Waals surface area contributed by atoms with Crippen LogP contribution in [0.15, 0.2) is 59.7 Å². The van der Waals surface area contributed by atoms with Crippen LogP contribution in [0.1, 0.15) is 24.8 Å². The molecule has 0 fully saturated rings. The van der Waals surface area contributed by atoms with Crippen molar-refractivity contribution in [2.75, 3.05) is 12.2 Å². The highest BCUT2D eigenvalue weighted by atomic mass is 19.4. The standard InChI is InChI=1S/C21H18F3NO5/c1-29-15-8-10-16(11-9-15)30-25(14-5-2-4-13(12-14)21(22,23)24)19(26)17-6-3-7-18(17)20(27)28/h2,4-5,8-12H,3,6-7H2,1H3,(H,27,28). The molecule has 0 bridgehead atoms. The van der Waals surface area contributed by atoms with E-state index in [-0.39, 0.29) is 35.4 Å². The van der Waals surface area contributed by atoms with Gasteiger partial charge in [0.1, 0.15) is 5.75 Å². The first kappa shape index (κ1) is 21.2. The lowest BCUT2D eigenvalue weighted by Gasteiger charge is -2.24. The average molecular weight is 421 g/mol. The van der Waals surface area contributed by atoms with E-state index in [1.165, 1.54) is 25.3 Å². The Bertz CT molecular complexity index is 983. The van der Waals surface area contributed by atoms with E-state index in [1.54, 1.807) is 12.1 Å². The number of hydrogen-bond acceptors (Lipinski definition) is 4. The molecule has 0 aliphatic heterocycles. The van der Waals surface area contributed by atoms with Crippen molar-refractivity contribution in [1.82, 2.24) is 0 Å². The number of aliphatic carboxylic acids is 1. The summed E-state index contributed by atoms with van der Waals surface area (Å²) < 4.78 is 44.5. The second-order valence-electron chi connectivity index (χ2n) is 6.53. The zero-order valence-electron chi connectivity index (χ0n) is 15.9. The predicted octanol–water partition coefficient (Wildman–Crippen LogP) is 4.61. The van der Waals surface area contributed by atoms with Crippen molar-refractivity contribution in [3.63, 3.8) is 0 Å². The molecule has 2 aromatic carbocycles. The summed E-state index contributed by atoms with van der Waals surface area (Å²) in [5.41, 5.74) is -1.19. The number of alkyl halides is 3. The van der Waals surface area contributed by atoms with Gasteiger partial charge in [-0.25, -0.2) is 4.79 Å². The molecule has 0 radical (unpaired) electrons. The monoisotopic (exact) mass is 421 g/mol. The molecule has 1 aliphatic carbocycles. The number of carboxylic acid groups (broad SMARTS) is 1. The number of halogens is 3. The fourth-order valence-electron chi connectivity index (χ4n) is 3.10. The summed E-state index contributed by atoms with van der Waals surface area (Å²) in [7, 11) is 1.47. The summed E-state index contributed by atoms with van der Waals surface area (Å²) in [4.78, 5) is 30.2. The maximum Gasteiger partial charge on any atom is 0.416 e. The Morgan fingerprint density at radius 1 is 1.00 bits per heavy atom. The van der Waals surface area contributed by atoms with Crippen LogP contribution in [0.2, 0.25) is 0 Å². The van der Waals surface area contributed by atoms with Crippen molar-refractivity contribution in [2.24, 2.45) is 0 Å². The van der Waals surface area contributed by atoms with Gasteiger partial charge in [0.25, 0.3) is 5.91 Å². The molecule has 9 heteroatoms. The third-order valence-corrected chi connectivity index (χ3v) is 4.58. The van der Waals surface area contributed by atoms with Gasteiger partial charge in [0.15, 0.2) is 5.75 Å². The maximum atomic E-state index is 13.2. The highest BCUT2D eigenvalue weighted by molar-refractivity contribution is 6.09. The fraction of sp³-hybridized carbons (Fsp3) is 0.238. The number of benzene rings is 2. The summed E-state index contributed by atoms with van der Waals surface area (Å²) in [6.45, 7) is 0. The van der Waals surface area contributed by atoms with E-state index in [4.69, 9.17) is 9.57 Å². The second kappa shape index (κ2) is 8.48. The number of methoxy groups -OCH3 is 1. The summed E-state index contributed by atoms with van der Waals surface area (Å²) in [5.74, 6) is -1.37. The van der Waals surface area contributed by atoms with Gasteiger partial charge in [-0.1, -0.05) is 6.07 Å². The molecule has 30 heavy (non-hydrogen) atoms. The van der Waals surface area contributed by atoms with Crippen LogP contribution in [0.4, 0.5) is 18.9 Å². The number of ether oxygens (including phenoxy) is 1. The Morgan fingerprint density at radius 3 is 2.23 bits per heavy atom. The lowest BCUT2D eigenvalue weighted by atomic mass is 10.1. The van der Waals surface area contributed by atoms with Crippen molar-refractivity contribution in [3.05, 3.63) is 65.2 Å². The van der Waals surface area contributed by atoms with Gasteiger partial charge in [0.2, 0.25) is 0 Å². The number of amides is 1. The van der Waals surface area contributed by atoms with Crippen LogP contribution in [0.25, 0.3) is 0 Å². The Kier molecular flexibility index (Phi) is 6.00. The molecule has 1 amide bonds. The van der Waals surface area contributed by atoms with Gasteiger partial charge in [0, 0.05) is 11.1 Å². The first-order chi connectivity index (χ1) is 14.2. The molecule has 0 heterocycles. The Hall–Kier alpha value is -3.49. The molecule has 0 saturated carbocycles. The lowest BCUT2D eigenvalue weighted by Crippen LogP contribution is -2.36. The molecule has 0 saturated heterocycles. The van der Waals surface area contributed by atoms with Crippen molar-refractivity contribution >= 4 is 17.6 Å². The van der Waals surface area contributed by atoms with E-state index in [1.807, 2.05) is 0 Å². The molecular formula is C21H18F3NO5. The SMILES string of the molecule is COc1ccc(ON(C(=O)C2=C(C(=O)O)CCC2)c2cccc(C(F)(F)F)c2)cc1. The van der Waals surface area contributed by atoms with Gasteiger partial charge in [-0.3, -0.25) is 4.79 Å². The van der Waals surface area contributed by atoms with E-state index in [9.17, 15) is 27.9 Å². The topological polar surface area (TPSA) is 76.1 Å². The number of hydrogen-bond donors (Lipinski definition) is 1. The molecule has 3 rings (SSSR count). The van der Waals surface area contributed by atoms with Crippen LogP contribution in [0.5, 0.6) is 11.5 Å². The highest BCUT2D eigenvalue weighted by Gasteiger charge is 2.34. The number of carboxylic acids is 1. The summed E-state index contributed by atoms with van der Waals surface area (Å²) in [5, 5.41) is 10.0. The van der Waals surface area contributed by atoms with E-state index >= 15 is 0 Å². The molecule has 158 valence electrons.